The predicted molar refractivity (Wildman–Crippen MR) is 222 cm³/mol. The van der Waals surface area contributed by atoms with Crippen molar-refractivity contribution in [3.8, 4) is 34.5 Å². The molecule has 0 saturated carbocycles. The zero-order valence-electron chi connectivity index (χ0n) is 32.4. The van der Waals surface area contributed by atoms with Crippen LogP contribution in [0.3, 0.4) is 0 Å². The first-order valence-electron chi connectivity index (χ1n) is 20.0. The smallest absolute Gasteiger partial charge is 0.128 e. The van der Waals surface area contributed by atoms with Gasteiger partial charge in [0.05, 0.1) is 37.8 Å². The minimum Gasteiger partial charge on any atom is -0.507 e. The summed E-state index contributed by atoms with van der Waals surface area (Å²) in [6.45, 7) is 6.93. The zero-order valence-corrected chi connectivity index (χ0v) is 32.4. The van der Waals surface area contributed by atoms with E-state index in [-0.39, 0.29) is 11.5 Å². The molecular formula is C46H60N2O6. The minimum atomic E-state index is 0.147. The lowest BCUT2D eigenvalue weighted by Crippen LogP contribution is -2.02. The van der Waals surface area contributed by atoms with Gasteiger partial charge in [0.1, 0.15) is 34.5 Å². The molecule has 0 aliphatic heterocycles. The van der Waals surface area contributed by atoms with Crippen molar-refractivity contribution in [1.82, 2.24) is 0 Å². The summed E-state index contributed by atoms with van der Waals surface area (Å²) < 4.78 is 23.4. The third kappa shape index (κ3) is 16.4. The van der Waals surface area contributed by atoms with Crippen LogP contribution in [-0.4, -0.2) is 49.1 Å². The van der Waals surface area contributed by atoms with Crippen molar-refractivity contribution < 1.29 is 29.2 Å². The fourth-order valence-electron chi connectivity index (χ4n) is 5.72. The molecule has 8 nitrogen and oxygen atoms in total. The number of benzene rings is 4. The fraction of sp³-hybridized carbons (Fsp3) is 0.435. The standard InChI is InChI=1S/C46H60N2O6/c1-3-5-7-9-11-13-29-53-43-23-17-37(45(49)33-43)35-47-39-19-25-41(26-20-39)51-31-15-16-32-52-42-27-21-40(22-28-42)48-36-38-18-24-44(34-46(38)50)54-30-14-12-10-8-6-4-2/h17-28,33-36,49-50H,3-16,29-32H2,1-2H3. The molecule has 0 bridgehead atoms. The van der Waals surface area contributed by atoms with E-state index < -0.39 is 0 Å². The summed E-state index contributed by atoms with van der Waals surface area (Å²) >= 11 is 0. The Balaban J connectivity index is 1.08. The average Bonchev–Trinajstić information content (AvgIpc) is 3.19. The van der Waals surface area contributed by atoms with Crippen LogP contribution in [0.25, 0.3) is 0 Å². The van der Waals surface area contributed by atoms with Crippen LogP contribution in [0.1, 0.15) is 115 Å². The molecule has 2 N–H and O–H groups in total. The Kier molecular flexibility index (Phi) is 19.4. The molecule has 0 aliphatic carbocycles. The van der Waals surface area contributed by atoms with Gasteiger partial charge in [0.15, 0.2) is 0 Å². The monoisotopic (exact) mass is 736 g/mol. The topological polar surface area (TPSA) is 102 Å². The van der Waals surface area contributed by atoms with E-state index in [1.54, 1.807) is 24.6 Å². The summed E-state index contributed by atoms with van der Waals surface area (Å²) in [5, 5.41) is 20.9. The van der Waals surface area contributed by atoms with E-state index >= 15 is 0 Å². The van der Waals surface area contributed by atoms with Gasteiger partial charge in [-0.25, -0.2) is 0 Å². The highest BCUT2D eigenvalue weighted by molar-refractivity contribution is 5.86. The highest BCUT2D eigenvalue weighted by Gasteiger charge is 2.05. The third-order valence-electron chi connectivity index (χ3n) is 8.99. The molecule has 0 atom stereocenters. The first kappa shape index (κ1) is 41.8. The Morgan fingerprint density at radius 1 is 0.407 bits per heavy atom. The molecule has 290 valence electrons. The minimum absolute atomic E-state index is 0.147. The first-order chi connectivity index (χ1) is 26.5. The van der Waals surface area contributed by atoms with E-state index in [2.05, 4.69) is 23.8 Å². The molecule has 0 radical (unpaired) electrons. The highest BCUT2D eigenvalue weighted by atomic mass is 16.5. The van der Waals surface area contributed by atoms with Crippen molar-refractivity contribution in [2.24, 2.45) is 9.98 Å². The largest absolute Gasteiger partial charge is 0.507 e. The molecule has 0 unspecified atom stereocenters. The zero-order chi connectivity index (χ0) is 38.1. The van der Waals surface area contributed by atoms with Crippen LogP contribution in [0.4, 0.5) is 11.4 Å². The maximum atomic E-state index is 10.4. The number of rotatable bonds is 27. The number of hydrogen-bond acceptors (Lipinski definition) is 8. The van der Waals surface area contributed by atoms with E-state index in [0.717, 1.165) is 48.6 Å². The summed E-state index contributed by atoms with van der Waals surface area (Å²) in [4.78, 5) is 9.01. The lowest BCUT2D eigenvalue weighted by molar-refractivity contribution is 0.266. The van der Waals surface area contributed by atoms with Crippen LogP contribution >= 0.6 is 0 Å². The molecule has 0 saturated heterocycles. The Morgan fingerprint density at radius 2 is 0.722 bits per heavy atom. The maximum Gasteiger partial charge on any atom is 0.128 e. The average molecular weight is 737 g/mol. The van der Waals surface area contributed by atoms with Gasteiger partial charge in [0.25, 0.3) is 0 Å². The number of hydrogen-bond donors (Lipinski definition) is 2. The molecule has 4 aromatic rings. The quantitative estimate of drug-likeness (QED) is 0.0467. The number of aliphatic imine (C=N–C) groups is 2. The summed E-state index contributed by atoms with van der Waals surface area (Å²) in [5.74, 6) is 3.20. The highest BCUT2D eigenvalue weighted by Crippen LogP contribution is 2.26. The van der Waals surface area contributed by atoms with E-state index in [1.165, 1.54) is 64.2 Å². The molecule has 0 aliphatic rings. The normalized spacial score (nSPS) is 11.4. The molecule has 0 fully saturated rings. The molecular weight excluding hydrogens is 677 g/mol. The lowest BCUT2D eigenvalue weighted by atomic mass is 10.1. The van der Waals surface area contributed by atoms with Gasteiger partial charge in [-0.15, -0.1) is 0 Å². The third-order valence-corrected chi connectivity index (χ3v) is 8.99. The van der Waals surface area contributed by atoms with Gasteiger partial charge >= 0.3 is 0 Å². The maximum absolute atomic E-state index is 10.4. The number of aromatic hydroxyl groups is 2. The van der Waals surface area contributed by atoms with Gasteiger partial charge in [-0.2, -0.15) is 0 Å². The SMILES string of the molecule is CCCCCCCCOc1ccc(C=Nc2ccc(OCCCCOc3ccc(N=Cc4ccc(OCCCCCCCC)cc4O)cc3)cc2)c(O)c1. The Labute approximate surface area is 322 Å². The lowest BCUT2D eigenvalue weighted by Gasteiger charge is -2.09. The van der Waals surface area contributed by atoms with Crippen molar-refractivity contribution >= 4 is 23.8 Å². The summed E-state index contributed by atoms with van der Waals surface area (Å²) in [6, 6.07) is 25.8. The second-order valence-electron chi connectivity index (χ2n) is 13.6. The number of phenolic OH excluding ortho intramolecular Hbond substituents is 2. The van der Waals surface area contributed by atoms with E-state index in [9.17, 15) is 10.2 Å². The summed E-state index contributed by atoms with van der Waals surface area (Å²) in [5.41, 5.74) is 2.81. The van der Waals surface area contributed by atoms with Crippen molar-refractivity contribution in [3.05, 3.63) is 96.1 Å². The van der Waals surface area contributed by atoms with Crippen molar-refractivity contribution in [2.45, 2.75) is 104 Å². The molecule has 0 heterocycles. The van der Waals surface area contributed by atoms with Crippen molar-refractivity contribution in [1.29, 1.82) is 0 Å². The van der Waals surface area contributed by atoms with E-state index in [0.29, 0.717) is 49.1 Å². The van der Waals surface area contributed by atoms with Crippen LogP contribution in [0.5, 0.6) is 34.5 Å². The van der Waals surface area contributed by atoms with Crippen LogP contribution in [-0.2, 0) is 0 Å². The van der Waals surface area contributed by atoms with Crippen molar-refractivity contribution in [2.75, 3.05) is 26.4 Å². The summed E-state index contributed by atoms with van der Waals surface area (Å²) in [6.07, 6.45) is 19.6. The van der Waals surface area contributed by atoms with E-state index in [1.807, 2.05) is 72.8 Å². The van der Waals surface area contributed by atoms with Crippen molar-refractivity contribution in [3.63, 3.8) is 0 Å². The molecule has 4 aromatic carbocycles. The van der Waals surface area contributed by atoms with Gasteiger partial charge in [0, 0.05) is 35.7 Å². The number of phenols is 2. The second-order valence-corrected chi connectivity index (χ2v) is 13.6. The van der Waals surface area contributed by atoms with Gasteiger partial charge in [-0.3, -0.25) is 9.98 Å². The molecule has 4 rings (SSSR count). The Hall–Kier alpha value is -4.98. The van der Waals surface area contributed by atoms with E-state index in [4.69, 9.17) is 18.9 Å². The van der Waals surface area contributed by atoms with Crippen LogP contribution in [0.2, 0.25) is 0 Å². The number of ether oxygens (including phenoxy) is 4. The fourth-order valence-corrected chi connectivity index (χ4v) is 5.72. The van der Waals surface area contributed by atoms with Gasteiger partial charge in [0.2, 0.25) is 0 Å². The molecule has 54 heavy (non-hydrogen) atoms. The van der Waals surface area contributed by atoms with Crippen LogP contribution in [0.15, 0.2) is 94.9 Å². The van der Waals surface area contributed by atoms with Gasteiger partial charge in [-0.1, -0.05) is 78.1 Å². The second kappa shape index (κ2) is 25.1. The Morgan fingerprint density at radius 3 is 1.09 bits per heavy atom. The van der Waals surface area contributed by atoms with Crippen LogP contribution in [0, 0.1) is 0 Å². The predicted octanol–water partition coefficient (Wildman–Crippen LogP) is 12.3. The van der Waals surface area contributed by atoms with Gasteiger partial charge < -0.3 is 29.2 Å². The molecule has 0 spiro atoms. The summed E-state index contributed by atoms with van der Waals surface area (Å²) in [7, 11) is 0. The molecule has 0 aromatic heterocycles. The number of nitrogens with zero attached hydrogens (tertiary/aromatic N) is 2. The molecule has 8 heteroatoms. The molecule has 0 amide bonds. The number of unbranched alkanes of at least 4 members (excludes halogenated alkanes) is 11. The van der Waals surface area contributed by atoms with Crippen LogP contribution < -0.4 is 18.9 Å². The Bertz CT molecular complexity index is 1550. The van der Waals surface area contributed by atoms with Gasteiger partial charge in [-0.05, 0) is 98.5 Å². The first-order valence-corrected chi connectivity index (χ1v) is 20.0.